The maximum absolute atomic E-state index is 13.4. The predicted molar refractivity (Wildman–Crippen MR) is 177 cm³/mol. The fourth-order valence-electron chi connectivity index (χ4n) is 6.73. The Morgan fingerprint density at radius 1 is 0.891 bits per heavy atom. The van der Waals surface area contributed by atoms with Gasteiger partial charge in [0, 0.05) is 48.6 Å². The first-order chi connectivity index (χ1) is 22.4. The van der Waals surface area contributed by atoms with Crippen molar-refractivity contribution in [2.24, 2.45) is 5.92 Å². The summed E-state index contributed by atoms with van der Waals surface area (Å²) in [5.74, 6) is 1.53. The third kappa shape index (κ3) is 6.15. The number of amides is 3. The normalized spacial score (nSPS) is 19.5. The predicted octanol–water partition coefficient (Wildman–Crippen LogP) is 5.25. The first kappa shape index (κ1) is 29.5. The van der Waals surface area contributed by atoms with E-state index in [-0.39, 0.29) is 36.0 Å². The Hall–Kier alpha value is -5.25. The molecule has 7 rings (SSSR count). The van der Waals surface area contributed by atoms with Crippen LogP contribution >= 0.6 is 0 Å². The molecule has 2 bridgehead atoms. The molecule has 10 nitrogen and oxygen atoms in total. The summed E-state index contributed by atoms with van der Waals surface area (Å²) in [5, 5.41) is 8.90. The van der Waals surface area contributed by atoms with Gasteiger partial charge in [-0.3, -0.25) is 9.59 Å². The van der Waals surface area contributed by atoms with E-state index in [1.54, 1.807) is 18.2 Å². The smallest absolute Gasteiger partial charge is 0.323 e. The van der Waals surface area contributed by atoms with Crippen LogP contribution in [0.25, 0.3) is 0 Å². The second kappa shape index (κ2) is 12.6. The van der Waals surface area contributed by atoms with Crippen LogP contribution in [0.4, 0.5) is 21.9 Å². The third-order valence-corrected chi connectivity index (χ3v) is 9.01. The van der Waals surface area contributed by atoms with Crippen molar-refractivity contribution in [1.82, 2.24) is 9.88 Å². The average molecular weight is 620 g/mol. The van der Waals surface area contributed by atoms with E-state index >= 15 is 0 Å². The number of nitrogens with one attached hydrogen (secondary N) is 3. The number of hydrogen-bond donors (Lipinski definition) is 3. The van der Waals surface area contributed by atoms with Crippen LogP contribution in [-0.4, -0.2) is 48.9 Å². The van der Waals surface area contributed by atoms with E-state index in [4.69, 9.17) is 9.47 Å². The molecule has 1 aromatic heterocycles. The van der Waals surface area contributed by atoms with Gasteiger partial charge in [0.05, 0.1) is 17.9 Å². The number of para-hydroxylation sites is 2. The molecule has 1 saturated heterocycles. The number of aryl methyl sites for hydroxylation is 1. The van der Waals surface area contributed by atoms with Crippen LogP contribution in [-0.2, 0) is 13.0 Å². The molecule has 0 radical (unpaired) electrons. The van der Waals surface area contributed by atoms with Gasteiger partial charge >= 0.3 is 6.03 Å². The zero-order valence-corrected chi connectivity index (χ0v) is 25.7. The van der Waals surface area contributed by atoms with Crippen LogP contribution in [0, 0.1) is 5.92 Å². The highest BCUT2D eigenvalue weighted by Gasteiger charge is 2.35. The Bertz CT molecular complexity index is 1820. The lowest BCUT2D eigenvalue weighted by Gasteiger charge is -2.44. The molecule has 3 atom stereocenters. The molecule has 3 N–H and O–H groups in total. The number of aromatic nitrogens is 1. The number of rotatable bonds is 7. The van der Waals surface area contributed by atoms with Crippen molar-refractivity contribution in [3.8, 4) is 11.5 Å². The zero-order valence-electron chi connectivity index (χ0n) is 25.7. The highest BCUT2D eigenvalue weighted by atomic mass is 16.6. The Kier molecular flexibility index (Phi) is 8.09. The Labute approximate surface area is 267 Å². The first-order valence-corrected chi connectivity index (χ1v) is 15.9. The van der Waals surface area contributed by atoms with Gasteiger partial charge in [-0.2, -0.15) is 0 Å². The van der Waals surface area contributed by atoms with Gasteiger partial charge in [0.25, 0.3) is 11.5 Å². The van der Waals surface area contributed by atoms with Gasteiger partial charge in [0.2, 0.25) is 0 Å². The number of urea groups is 1. The molecule has 3 unspecified atom stereocenters. The molecular formula is C36H37N5O5. The lowest BCUT2D eigenvalue weighted by atomic mass is 9.83. The van der Waals surface area contributed by atoms with E-state index in [1.165, 1.54) is 5.56 Å². The van der Waals surface area contributed by atoms with Crippen molar-refractivity contribution in [3.05, 3.63) is 112 Å². The Morgan fingerprint density at radius 3 is 2.54 bits per heavy atom. The lowest BCUT2D eigenvalue weighted by Crippen LogP contribution is -2.47. The molecule has 3 aliphatic heterocycles. The SMILES string of the molecule is CCc1ccc(NC(=O)Nc2cc(C(=O)NCC3COc4ccccc4O3)ccc2N2CC3CC(C2)c2cccc(=O)n2C3)cc1. The molecule has 10 heteroatoms. The second-order valence-electron chi connectivity index (χ2n) is 12.2. The monoisotopic (exact) mass is 619 g/mol. The molecule has 4 aromatic rings. The van der Waals surface area contributed by atoms with Crippen molar-refractivity contribution in [2.45, 2.75) is 38.3 Å². The summed E-state index contributed by atoms with van der Waals surface area (Å²) < 4.78 is 13.7. The molecular weight excluding hydrogens is 582 g/mol. The fourth-order valence-corrected chi connectivity index (χ4v) is 6.73. The number of fused-ring (bicyclic) bond motifs is 5. The number of benzene rings is 3. The summed E-state index contributed by atoms with van der Waals surface area (Å²) in [6.45, 7) is 4.77. The zero-order chi connectivity index (χ0) is 31.6. The quantitative estimate of drug-likeness (QED) is 0.261. The van der Waals surface area contributed by atoms with Crippen molar-refractivity contribution < 1.29 is 19.1 Å². The average Bonchev–Trinajstić information content (AvgIpc) is 3.08. The number of hydrogen-bond acceptors (Lipinski definition) is 6. The van der Waals surface area contributed by atoms with Gasteiger partial charge in [0.15, 0.2) is 11.5 Å². The minimum atomic E-state index is -0.399. The summed E-state index contributed by atoms with van der Waals surface area (Å²) in [6.07, 6.45) is 1.59. The van der Waals surface area contributed by atoms with Crippen LogP contribution in [0.2, 0.25) is 0 Å². The summed E-state index contributed by atoms with van der Waals surface area (Å²) in [6, 6.07) is 25.7. The molecule has 3 aromatic carbocycles. The number of ether oxygens (including phenoxy) is 2. The van der Waals surface area contributed by atoms with Crippen LogP contribution in [0.1, 0.15) is 40.9 Å². The van der Waals surface area contributed by atoms with Crippen LogP contribution in [0.15, 0.2) is 89.7 Å². The molecule has 3 aliphatic rings. The van der Waals surface area contributed by atoms with E-state index in [0.717, 1.165) is 30.8 Å². The molecule has 0 aliphatic carbocycles. The van der Waals surface area contributed by atoms with Crippen molar-refractivity contribution in [3.63, 3.8) is 0 Å². The number of nitrogens with zero attached hydrogens (tertiary/aromatic N) is 2. The standard InChI is InChI=1S/C36H37N5O5/c1-2-23-10-13-27(14-11-23)38-36(44)39-29-17-25(35(43)37-18-28-22-45-32-7-3-4-8-33(32)46-28)12-15-31(29)40-19-24-16-26(21-40)30-6-5-9-34(42)41(30)20-24/h3-15,17,24,26,28H,2,16,18-22H2,1H3,(H,37,43)(H2,38,39,44). The van der Waals surface area contributed by atoms with Gasteiger partial charge in [-0.15, -0.1) is 0 Å². The van der Waals surface area contributed by atoms with Crippen molar-refractivity contribution >= 4 is 29.0 Å². The lowest BCUT2D eigenvalue weighted by molar-refractivity contribution is 0.0789. The van der Waals surface area contributed by atoms with E-state index < -0.39 is 6.03 Å². The van der Waals surface area contributed by atoms with Crippen LogP contribution < -0.4 is 35.9 Å². The molecule has 1 fully saturated rings. The minimum Gasteiger partial charge on any atom is -0.486 e. The Balaban J connectivity index is 1.11. The van der Waals surface area contributed by atoms with Gasteiger partial charge in [0.1, 0.15) is 12.7 Å². The molecule has 236 valence electrons. The molecule has 0 saturated carbocycles. The molecule has 4 heterocycles. The number of carbonyl (C=O) groups excluding carboxylic acids is 2. The largest absolute Gasteiger partial charge is 0.486 e. The number of carbonyl (C=O) groups is 2. The third-order valence-electron chi connectivity index (χ3n) is 9.01. The molecule has 46 heavy (non-hydrogen) atoms. The molecule has 3 amide bonds. The maximum Gasteiger partial charge on any atom is 0.323 e. The first-order valence-electron chi connectivity index (χ1n) is 15.9. The summed E-state index contributed by atoms with van der Waals surface area (Å²) in [7, 11) is 0. The second-order valence-corrected chi connectivity index (χ2v) is 12.2. The van der Waals surface area contributed by atoms with Gasteiger partial charge in [-0.05, 0) is 72.9 Å². The van der Waals surface area contributed by atoms with Crippen LogP contribution in [0.3, 0.4) is 0 Å². The highest BCUT2D eigenvalue weighted by Crippen LogP contribution is 2.39. The Morgan fingerprint density at radius 2 is 1.72 bits per heavy atom. The maximum atomic E-state index is 13.4. The van der Waals surface area contributed by atoms with Crippen molar-refractivity contribution in [1.29, 1.82) is 0 Å². The van der Waals surface area contributed by atoms with Crippen molar-refractivity contribution in [2.75, 3.05) is 41.8 Å². The number of piperidine rings is 1. The minimum absolute atomic E-state index is 0.0383. The summed E-state index contributed by atoms with van der Waals surface area (Å²) in [4.78, 5) is 41.5. The summed E-state index contributed by atoms with van der Waals surface area (Å²) >= 11 is 0. The van der Waals surface area contributed by atoms with Gasteiger partial charge in [-0.25, -0.2) is 4.79 Å². The van der Waals surface area contributed by atoms with Crippen LogP contribution in [0.5, 0.6) is 11.5 Å². The van der Waals surface area contributed by atoms with E-state index in [9.17, 15) is 14.4 Å². The van der Waals surface area contributed by atoms with Gasteiger partial charge in [-0.1, -0.05) is 37.3 Å². The summed E-state index contributed by atoms with van der Waals surface area (Å²) in [5.41, 5.74) is 4.72. The van der Waals surface area contributed by atoms with Gasteiger partial charge < -0.3 is 34.9 Å². The highest BCUT2D eigenvalue weighted by molar-refractivity contribution is 6.04. The number of anilines is 3. The fraction of sp³-hybridized carbons (Fsp3) is 0.306. The van der Waals surface area contributed by atoms with E-state index in [1.807, 2.05) is 71.3 Å². The number of pyridine rings is 1. The molecule has 0 spiro atoms. The van der Waals surface area contributed by atoms with E-state index in [0.29, 0.717) is 48.1 Å². The topological polar surface area (TPSA) is 114 Å². The van der Waals surface area contributed by atoms with E-state index in [2.05, 4.69) is 27.8 Å².